The Balaban J connectivity index is 1.90. The second kappa shape index (κ2) is 6.68. The minimum Gasteiger partial charge on any atom is -0.482 e. The molecule has 1 heterocycles. The summed E-state index contributed by atoms with van der Waals surface area (Å²) < 4.78 is 10.9. The van der Waals surface area contributed by atoms with Gasteiger partial charge in [0.2, 0.25) is 0 Å². The van der Waals surface area contributed by atoms with Gasteiger partial charge in [-0.2, -0.15) is 0 Å². The Hall–Kier alpha value is -1.94. The largest absolute Gasteiger partial charge is 0.482 e. The third-order valence-electron chi connectivity index (χ3n) is 3.05. The van der Waals surface area contributed by atoms with Crippen LogP contribution in [-0.4, -0.2) is 24.5 Å². The number of ether oxygens (including phenoxy) is 1. The van der Waals surface area contributed by atoms with Crippen LogP contribution in [0.5, 0.6) is 5.75 Å². The molecule has 1 aromatic carbocycles. The van der Waals surface area contributed by atoms with Crippen molar-refractivity contribution in [1.29, 1.82) is 0 Å². The number of furan rings is 1. The number of hydrogen-bond acceptors (Lipinski definition) is 3. The lowest BCUT2D eigenvalue weighted by atomic mass is 10.2. The summed E-state index contributed by atoms with van der Waals surface area (Å²) >= 11 is 6.03. The van der Waals surface area contributed by atoms with E-state index in [2.05, 4.69) is 0 Å². The van der Waals surface area contributed by atoms with Crippen molar-refractivity contribution < 1.29 is 13.9 Å². The van der Waals surface area contributed by atoms with E-state index >= 15 is 0 Å². The monoisotopic (exact) mass is 307 g/mol. The molecule has 112 valence electrons. The van der Waals surface area contributed by atoms with Crippen molar-refractivity contribution in [3.05, 3.63) is 52.4 Å². The zero-order valence-electron chi connectivity index (χ0n) is 12.4. The van der Waals surface area contributed by atoms with Crippen LogP contribution in [0.25, 0.3) is 0 Å². The number of nitrogens with zero attached hydrogens (tertiary/aromatic N) is 1. The summed E-state index contributed by atoms with van der Waals surface area (Å²) in [6.45, 7) is 4.17. The van der Waals surface area contributed by atoms with Gasteiger partial charge in [-0.05, 0) is 43.7 Å². The molecule has 4 nitrogen and oxygen atoms in total. The molecule has 0 fully saturated rings. The summed E-state index contributed by atoms with van der Waals surface area (Å²) in [6.07, 6.45) is 0. The zero-order valence-corrected chi connectivity index (χ0v) is 13.1. The second-order valence-electron chi connectivity index (χ2n) is 4.98. The predicted octanol–water partition coefficient (Wildman–Crippen LogP) is 3.59. The van der Waals surface area contributed by atoms with E-state index in [1.54, 1.807) is 18.0 Å². The average Bonchev–Trinajstić information content (AvgIpc) is 2.84. The third kappa shape index (κ3) is 4.26. The Bertz CT molecular complexity index is 636. The van der Waals surface area contributed by atoms with E-state index in [1.165, 1.54) is 0 Å². The Morgan fingerprint density at radius 2 is 2.05 bits per heavy atom. The van der Waals surface area contributed by atoms with Crippen LogP contribution in [0, 0.1) is 13.8 Å². The summed E-state index contributed by atoms with van der Waals surface area (Å²) in [5.74, 6) is 1.96. The van der Waals surface area contributed by atoms with Crippen molar-refractivity contribution in [2.75, 3.05) is 13.7 Å². The molecule has 0 N–H and O–H groups in total. The van der Waals surface area contributed by atoms with Crippen molar-refractivity contribution in [2.45, 2.75) is 20.4 Å². The van der Waals surface area contributed by atoms with Crippen molar-refractivity contribution in [3.63, 3.8) is 0 Å². The summed E-state index contributed by atoms with van der Waals surface area (Å²) in [7, 11) is 1.71. The molecule has 0 radical (unpaired) electrons. The first-order valence-corrected chi connectivity index (χ1v) is 7.01. The molecule has 1 aromatic heterocycles. The van der Waals surface area contributed by atoms with E-state index in [0.717, 1.165) is 17.1 Å². The number of benzene rings is 1. The molecule has 5 heteroatoms. The molecule has 0 atom stereocenters. The van der Waals surface area contributed by atoms with Crippen LogP contribution in [0.3, 0.4) is 0 Å². The van der Waals surface area contributed by atoms with Crippen LogP contribution >= 0.6 is 11.6 Å². The van der Waals surface area contributed by atoms with Crippen LogP contribution in [-0.2, 0) is 11.3 Å². The molecule has 0 saturated heterocycles. The van der Waals surface area contributed by atoms with Crippen LogP contribution in [0.1, 0.15) is 17.1 Å². The Labute approximate surface area is 129 Å². The lowest BCUT2D eigenvalue weighted by Crippen LogP contribution is -2.30. The van der Waals surface area contributed by atoms with Gasteiger partial charge >= 0.3 is 0 Å². The lowest BCUT2D eigenvalue weighted by Gasteiger charge is -2.16. The summed E-state index contributed by atoms with van der Waals surface area (Å²) in [5, 5.41) is 0.498. The zero-order chi connectivity index (χ0) is 15.4. The molecule has 0 aliphatic heterocycles. The third-order valence-corrected chi connectivity index (χ3v) is 3.36. The maximum absolute atomic E-state index is 12.0. The molecule has 0 unspecified atom stereocenters. The molecular weight excluding hydrogens is 290 g/mol. The SMILES string of the molecule is Cc1ccc(Cl)c(OCC(=O)N(C)Cc2ccc(C)o2)c1. The molecular formula is C16H18ClNO3. The summed E-state index contributed by atoms with van der Waals surface area (Å²) in [4.78, 5) is 13.6. The normalized spacial score (nSPS) is 10.5. The number of amides is 1. The number of carbonyl (C=O) groups is 1. The molecule has 0 aliphatic rings. The molecule has 2 aromatic rings. The fraction of sp³-hybridized carbons (Fsp3) is 0.312. The molecule has 0 spiro atoms. The van der Waals surface area contributed by atoms with Crippen molar-refractivity contribution in [2.24, 2.45) is 0 Å². The first-order valence-electron chi connectivity index (χ1n) is 6.64. The minimum atomic E-state index is -0.137. The van der Waals surface area contributed by atoms with Gasteiger partial charge in [0.05, 0.1) is 11.6 Å². The second-order valence-corrected chi connectivity index (χ2v) is 5.39. The quantitative estimate of drug-likeness (QED) is 0.848. The molecule has 21 heavy (non-hydrogen) atoms. The lowest BCUT2D eigenvalue weighted by molar-refractivity contribution is -0.132. The van der Waals surface area contributed by atoms with Gasteiger partial charge in [-0.3, -0.25) is 4.79 Å². The topological polar surface area (TPSA) is 42.7 Å². The standard InChI is InChI=1S/C16H18ClNO3/c1-11-4-7-14(17)15(8-11)20-10-16(19)18(3)9-13-6-5-12(2)21-13/h4-8H,9-10H2,1-3H3. The van der Waals surface area contributed by atoms with Crippen LogP contribution < -0.4 is 4.74 Å². The highest BCUT2D eigenvalue weighted by atomic mass is 35.5. The van der Waals surface area contributed by atoms with Gasteiger partial charge in [0.1, 0.15) is 17.3 Å². The number of likely N-dealkylation sites (N-methyl/N-ethyl adjacent to an activating group) is 1. The van der Waals surface area contributed by atoms with Crippen LogP contribution in [0.4, 0.5) is 0 Å². The van der Waals surface area contributed by atoms with Crippen LogP contribution in [0.2, 0.25) is 5.02 Å². The minimum absolute atomic E-state index is 0.0562. The van der Waals surface area contributed by atoms with Crippen molar-refractivity contribution >= 4 is 17.5 Å². The van der Waals surface area contributed by atoms with Crippen molar-refractivity contribution in [3.8, 4) is 5.75 Å². The Kier molecular flexibility index (Phi) is 4.91. The maximum Gasteiger partial charge on any atom is 0.260 e. The number of hydrogen-bond donors (Lipinski definition) is 0. The molecule has 0 saturated carbocycles. The van der Waals surface area contributed by atoms with Gasteiger partial charge in [0.15, 0.2) is 6.61 Å². The predicted molar refractivity (Wildman–Crippen MR) is 81.6 cm³/mol. The first-order chi connectivity index (χ1) is 9.95. The summed E-state index contributed by atoms with van der Waals surface area (Å²) in [6, 6.07) is 9.19. The van der Waals surface area contributed by atoms with E-state index < -0.39 is 0 Å². The van der Waals surface area contributed by atoms with Crippen LogP contribution in [0.15, 0.2) is 34.7 Å². The maximum atomic E-state index is 12.0. The number of aryl methyl sites for hydroxylation is 2. The molecule has 0 aliphatic carbocycles. The fourth-order valence-corrected chi connectivity index (χ4v) is 2.04. The van der Waals surface area contributed by atoms with E-state index in [4.69, 9.17) is 20.8 Å². The smallest absolute Gasteiger partial charge is 0.260 e. The Morgan fingerprint density at radius 3 is 2.71 bits per heavy atom. The highest BCUT2D eigenvalue weighted by molar-refractivity contribution is 6.32. The van der Waals surface area contributed by atoms with Gasteiger partial charge in [0.25, 0.3) is 5.91 Å². The van der Waals surface area contributed by atoms with E-state index in [0.29, 0.717) is 17.3 Å². The highest BCUT2D eigenvalue weighted by Gasteiger charge is 2.13. The van der Waals surface area contributed by atoms with Gasteiger partial charge in [-0.15, -0.1) is 0 Å². The number of rotatable bonds is 5. The molecule has 0 bridgehead atoms. The number of halogens is 1. The molecule has 1 amide bonds. The van der Waals surface area contributed by atoms with Gasteiger partial charge in [0, 0.05) is 7.05 Å². The van der Waals surface area contributed by atoms with Gasteiger partial charge < -0.3 is 14.1 Å². The first kappa shape index (κ1) is 15.4. The molecule has 2 rings (SSSR count). The fourth-order valence-electron chi connectivity index (χ4n) is 1.86. The van der Waals surface area contributed by atoms with Gasteiger partial charge in [-0.1, -0.05) is 17.7 Å². The summed E-state index contributed by atoms with van der Waals surface area (Å²) in [5.41, 5.74) is 1.03. The van der Waals surface area contributed by atoms with E-state index in [9.17, 15) is 4.79 Å². The average molecular weight is 308 g/mol. The highest BCUT2D eigenvalue weighted by Crippen LogP contribution is 2.25. The van der Waals surface area contributed by atoms with Gasteiger partial charge in [-0.25, -0.2) is 0 Å². The number of carbonyl (C=O) groups excluding carboxylic acids is 1. The van der Waals surface area contributed by atoms with E-state index in [-0.39, 0.29) is 12.5 Å². The van der Waals surface area contributed by atoms with E-state index in [1.807, 2.05) is 38.1 Å². The Morgan fingerprint density at radius 1 is 1.29 bits per heavy atom. The van der Waals surface area contributed by atoms with Crippen molar-refractivity contribution in [1.82, 2.24) is 4.90 Å².